The molecule has 3 rings (SSSR count). The number of aromatic nitrogens is 1. The van der Waals surface area contributed by atoms with Crippen molar-refractivity contribution in [1.82, 2.24) is 15.2 Å². The fourth-order valence-corrected chi connectivity index (χ4v) is 3.52. The Labute approximate surface area is 182 Å². The van der Waals surface area contributed by atoms with Crippen molar-refractivity contribution in [3.8, 4) is 0 Å². The number of nitrogens with one attached hydrogen (secondary N) is 2. The number of benzene rings is 1. The highest BCUT2D eigenvalue weighted by molar-refractivity contribution is 6.33. The van der Waals surface area contributed by atoms with E-state index in [4.69, 9.17) is 11.6 Å². The van der Waals surface area contributed by atoms with Crippen LogP contribution in [-0.2, 0) is 4.79 Å². The molecule has 8 heteroatoms. The lowest BCUT2D eigenvalue weighted by Crippen LogP contribution is -2.47. The van der Waals surface area contributed by atoms with Gasteiger partial charge in [0.1, 0.15) is 11.9 Å². The summed E-state index contributed by atoms with van der Waals surface area (Å²) in [7, 11) is 2.11. The number of carbonyl (C=O) groups is 2. The van der Waals surface area contributed by atoms with Gasteiger partial charge in [-0.1, -0.05) is 37.6 Å². The Morgan fingerprint density at radius 1 is 1.07 bits per heavy atom. The zero-order valence-electron chi connectivity index (χ0n) is 17.6. The Morgan fingerprint density at radius 3 is 2.37 bits per heavy atom. The number of pyridine rings is 1. The van der Waals surface area contributed by atoms with Gasteiger partial charge in [0.25, 0.3) is 5.91 Å². The number of likely N-dealkylation sites (N-methyl/N-ethyl adjacent to an activating group) is 1. The number of amides is 2. The average Bonchev–Trinajstić information content (AvgIpc) is 2.73. The molecule has 160 valence electrons. The van der Waals surface area contributed by atoms with E-state index in [0.717, 1.165) is 32.0 Å². The summed E-state index contributed by atoms with van der Waals surface area (Å²) in [5.74, 6) is 0.125. The van der Waals surface area contributed by atoms with Gasteiger partial charge in [-0.05, 0) is 37.2 Å². The fourth-order valence-electron chi connectivity index (χ4n) is 3.30. The van der Waals surface area contributed by atoms with Crippen LogP contribution < -0.4 is 15.5 Å². The van der Waals surface area contributed by atoms with Gasteiger partial charge in [0, 0.05) is 26.2 Å². The molecular formula is C22H28ClN5O2. The summed E-state index contributed by atoms with van der Waals surface area (Å²) in [4.78, 5) is 34.4. The summed E-state index contributed by atoms with van der Waals surface area (Å²) in [6.45, 7) is 7.62. The highest BCUT2D eigenvalue weighted by atomic mass is 35.5. The van der Waals surface area contributed by atoms with E-state index in [1.54, 1.807) is 30.5 Å². The van der Waals surface area contributed by atoms with Gasteiger partial charge in [0.15, 0.2) is 0 Å². The van der Waals surface area contributed by atoms with E-state index in [0.29, 0.717) is 16.3 Å². The number of nitrogens with zero attached hydrogens (tertiary/aromatic N) is 3. The summed E-state index contributed by atoms with van der Waals surface area (Å²) in [6, 6.07) is 9.82. The van der Waals surface area contributed by atoms with Crippen LogP contribution >= 0.6 is 11.6 Å². The van der Waals surface area contributed by atoms with Crippen LogP contribution in [0.15, 0.2) is 42.6 Å². The lowest BCUT2D eigenvalue weighted by Gasteiger charge is -2.33. The first-order chi connectivity index (χ1) is 14.3. The molecule has 2 aromatic rings. The number of piperazine rings is 1. The van der Waals surface area contributed by atoms with E-state index >= 15 is 0 Å². The zero-order valence-corrected chi connectivity index (χ0v) is 18.3. The summed E-state index contributed by atoms with van der Waals surface area (Å²) < 4.78 is 0. The topological polar surface area (TPSA) is 77.6 Å². The molecule has 0 aliphatic carbocycles. The van der Waals surface area contributed by atoms with E-state index in [9.17, 15) is 9.59 Å². The van der Waals surface area contributed by atoms with Crippen molar-refractivity contribution < 1.29 is 9.59 Å². The van der Waals surface area contributed by atoms with Crippen molar-refractivity contribution in [2.75, 3.05) is 43.4 Å². The highest BCUT2D eigenvalue weighted by Gasteiger charge is 2.25. The molecule has 30 heavy (non-hydrogen) atoms. The normalized spacial score (nSPS) is 15.7. The predicted molar refractivity (Wildman–Crippen MR) is 120 cm³/mol. The van der Waals surface area contributed by atoms with Gasteiger partial charge in [-0.3, -0.25) is 9.59 Å². The van der Waals surface area contributed by atoms with Crippen LogP contribution in [-0.4, -0.2) is 61.0 Å². The van der Waals surface area contributed by atoms with Crippen molar-refractivity contribution >= 4 is 34.9 Å². The molecule has 1 aromatic carbocycles. The Kier molecular flexibility index (Phi) is 7.29. The van der Waals surface area contributed by atoms with E-state index in [1.165, 1.54) is 0 Å². The predicted octanol–water partition coefficient (Wildman–Crippen LogP) is 2.88. The third-order valence-electron chi connectivity index (χ3n) is 5.20. The minimum absolute atomic E-state index is 0.103. The molecule has 0 radical (unpaired) electrons. The van der Waals surface area contributed by atoms with Crippen molar-refractivity contribution in [3.63, 3.8) is 0 Å². The van der Waals surface area contributed by atoms with Gasteiger partial charge in [-0.2, -0.15) is 0 Å². The van der Waals surface area contributed by atoms with Crippen LogP contribution in [0.3, 0.4) is 0 Å². The molecule has 0 saturated carbocycles. The second kappa shape index (κ2) is 9.91. The van der Waals surface area contributed by atoms with Gasteiger partial charge in [-0.15, -0.1) is 0 Å². The summed E-state index contributed by atoms with van der Waals surface area (Å²) >= 11 is 6.10. The van der Waals surface area contributed by atoms with Crippen molar-refractivity contribution in [1.29, 1.82) is 0 Å². The zero-order chi connectivity index (χ0) is 21.7. The lowest BCUT2D eigenvalue weighted by atomic mass is 10.0. The molecule has 1 fully saturated rings. The minimum Gasteiger partial charge on any atom is -0.354 e. The van der Waals surface area contributed by atoms with Gasteiger partial charge < -0.3 is 20.4 Å². The van der Waals surface area contributed by atoms with Crippen LogP contribution in [0.2, 0.25) is 5.02 Å². The molecule has 2 heterocycles. The molecule has 1 aromatic heterocycles. The van der Waals surface area contributed by atoms with Crippen LogP contribution in [0.4, 0.5) is 11.5 Å². The number of hydrogen-bond acceptors (Lipinski definition) is 5. The number of hydrogen-bond donors (Lipinski definition) is 2. The van der Waals surface area contributed by atoms with Crippen LogP contribution in [0.1, 0.15) is 24.2 Å². The first kappa shape index (κ1) is 22.1. The molecule has 1 aliphatic heterocycles. The molecule has 1 saturated heterocycles. The van der Waals surface area contributed by atoms with Crippen LogP contribution in [0.5, 0.6) is 0 Å². The summed E-state index contributed by atoms with van der Waals surface area (Å²) in [5.41, 5.74) is 0.936. The van der Waals surface area contributed by atoms with Crippen molar-refractivity contribution in [3.05, 3.63) is 53.2 Å². The molecule has 1 aliphatic rings. The Morgan fingerprint density at radius 2 is 1.77 bits per heavy atom. The third kappa shape index (κ3) is 5.49. The number of halogens is 1. The lowest BCUT2D eigenvalue weighted by molar-refractivity contribution is -0.118. The standard InChI is InChI=1S/C22H28ClN5O2/c1-15(2)20(26-21(29)17-6-4-5-7-18(17)23)22(30)25-16-8-9-19(24-14-16)28-12-10-27(3)11-13-28/h4-9,14-15,20H,10-13H2,1-3H3,(H,25,30)(H,26,29). The second-order valence-corrected chi connectivity index (χ2v) is 8.27. The maximum Gasteiger partial charge on any atom is 0.253 e. The smallest absolute Gasteiger partial charge is 0.253 e. The second-order valence-electron chi connectivity index (χ2n) is 7.86. The number of anilines is 2. The molecule has 2 amide bonds. The SMILES string of the molecule is CC(C)C(NC(=O)c1ccccc1Cl)C(=O)Nc1ccc(N2CCN(C)CC2)nc1. The monoisotopic (exact) mass is 429 g/mol. The van der Waals surface area contributed by atoms with E-state index < -0.39 is 6.04 Å². The molecule has 0 bridgehead atoms. The van der Waals surface area contributed by atoms with Gasteiger partial charge in [-0.25, -0.2) is 4.98 Å². The van der Waals surface area contributed by atoms with Crippen LogP contribution in [0, 0.1) is 5.92 Å². The Hall–Kier alpha value is -2.64. The third-order valence-corrected chi connectivity index (χ3v) is 5.53. The largest absolute Gasteiger partial charge is 0.354 e. The maximum atomic E-state index is 12.8. The number of rotatable bonds is 6. The molecule has 1 atom stereocenters. The van der Waals surface area contributed by atoms with E-state index in [1.807, 2.05) is 26.0 Å². The molecule has 7 nitrogen and oxygen atoms in total. The molecule has 1 unspecified atom stereocenters. The van der Waals surface area contributed by atoms with Crippen LogP contribution in [0.25, 0.3) is 0 Å². The summed E-state index contributed by atoms with van der Waals surface area (Å²) in [6.07, 6.45) is 1.65. The minimum atomic E-state index is -0.703. The molecule has 0 spiro atoms. The van der Waals surface area contributed by atoms with Gasteiger partial charge >= 0.3 is 0 Å². The molecular weight excluding hydrogens is 402 g/mol. The van der Waals surface area contributed by atoms with E-state index in [-0.39, 0.29) is 17.7 Å². The maximum absolute atomic E-state index is 12.8. The highest BCUT2D eigenvalue weighted by Crippen LogP contribution is 2.18. The van der Waals surface area contributed by atoms with Gasteiger partial charge in [0.2, 0.25) is 5.91 Å². The van der Waals surface area contributed by atoms with E-state index in [2.05, 4.69) is 32.5 Å². The quantitative estimate of drug-likeness (QED) is 0.738. The Balaban J connectivity index is 1.63. The molecule has 2 N–H and O–H groups in total. The van der Waals surface area contributed by atoms with Crippen molar-refractivity contribution in [2.24, 2.45) is 5.92 Å². The average molecular weight is 430 g/mol. The summed E-state index contributed by atoms with van der Waals surface area (Å²) in [5, 5.41) is 6.00. The first-order valence-electron chi connectivity index (χ1n) is 10.1. The first-order valence-corrected chi connectivity index (χ1v) is 10.5. The van der Waals surface area contributed by atoms with Gasteiger partial charge in [0.05, 0.1) is 22.5 Å². The fraction of sp³-hybridized carbons (Fsp3) is 0.409. The number of carbonyl (C=O) groups excluding carboxylic acids is 2. The van der Waals surface area contributed by atoms with Crippen molar-refractivity contribution in [2.45, 2.75) is 19.9 Å². The Bertz CT molecular complexity index is 879.